The Balaban J connectivity index is 2.79. The normalized spacial score (nSPS) is 25.4. The lowest BCUT2D eigenvalue weighted by Crippen LogP contribution is -2.40. The fourth-order valence-electron chi connectivity index (χ4n) is 1.87. The van der Waals surface area contributed by atoms with Gasteiger partial charge in [-0.25, -0.2) is 0 Å². The number of Topliss-reactive ketones (excluding diaryl/α,β-unsaturated/α-hetero) is 3. The molecule has 5 nitrogen and oxygen atoms in total. The molecule has 1 aliphatic carbocycles. The summed E-state index contributed by atoms with van der Waals surface area (Å²) in [5, 5.41) is 0. The Morgan fingerprint density at radius 1 is 1.25 bits per heavy atom. The molecule has 1 rings (SSSR count). The van der Waals surface area contributed by atoms with E-state index in [-0.39, 0.29) is 25.0 Å². The molecule has 0 unspecified atom stereocenters. The summed E-state index contributed by atoms with van der Waals surface area (Å²) in [5.41, 5.74) is 0. The molecule has 0 aromatic rings. The first kappa shape index (κ1) is 12.5. The van der Waals surface area contributed by atoms with Gasteiger partial charge in [0.2, 0.25) is 0 Å². The monoisotopic (exact) mass is 226 g/mol. The van der Waals surface area contributed by atoms with E-state index in [9.17, 15) is 19.2 Å². The molecular formula is C11H14O5. The van der Waals surface area contributed by atoms with E-state index in [1.54, 1.807) is 6.92 Å². The highest BCUT2D eigenvalue weighted by molar-refractivity contribution is 6.21. The highest BCUT2D eigenvalue weighted by Crippen LogP contribution is 2.25. The van der Waals surface area contributed by atoms with Crippen LogP contribution >= 0.6 is 0 Å². The number of ketones is 3. The Morgan fingerprint density at radius 2 is 1.75 bits per heavy atom. The second-order valence-electron chi connectivity index (χ2n) is 3.81. The Bertz CT molecular complexity index is 326. The third-order valence-corrected chi connectivity index (χ3v) is 2.74. The number of hydrogen-bond donors (Lipinski definition) is 0. The molecule has 0 aromatic heterocycles. The van der Waals surface area contributed by atoms with Crippen molar-refractivity contribution >= 4 is 23.3 Å². The maximum absolute atomic E-state index is 11.6. The molecule has 5 heteroatoms. The van der Waals surface area contributed by atoms with Crippen LogP contribution in [-0.2, 0) is 23.9 Å². The van der Waals surface area contributed by atoms with Crippen molar-refractivity contribution in [1.82, 2.24) is 0 Å². The average molecular weight is 226 g/mol. The van der Waals surface area contributed by atoms with Crippen LogP contribution < -0.4 is 0 Å². The van der Waals surface area contributed by atoms with Gasteiger partial charge in [-0.2, -0.15) is 0 Å². The Kier molecular flexibility index (Phi) is 3.93. The van der Waals surface area contributed by atoms with Gasteiger partial charge >= 0.3 is 5.97 Å². The van der Waals surface area contributed by atoms with Gasteiger partial charge in [-0.15, -0.1) is 0 Å². The number of ether oxygens (including phenoxy) is 1. The minimum absolute atomic E-state index is 0.0746. The van der Waals surface area contributed by atoms with E-state index in [1.807, 2.05) is 0 Å². The highest BCUT2D eigenvalue weighted by Gasteiger charge is 2.41. The Morgan fingerprint density at radius 3 is 2.12 bits per heavy atom. The van der Waals surface area contributed by atoms with Crippen LogP contribution in [0.5, 0.6) is 0 Å². The maximum Gasteiger partial charge on any atom is 0.309 e. The smallest absolute Gasteiger partial charge is 0.309 e. The van der Waals surface area contributed by atoms with Crippen LogP contribution in [0.3, 0.4) is 0 Å². The van der Waals surface area contributed by atoms with Gasteiger partial charge < -0.3 is 4.74 Å². The van der Waals surface area contributed by atoms with Gasteiger partial charge in [-0.3, -0.25) is 19.2 Å². The lowest BCUT2D eigenvalue weighted by molar-refractivity contribution is -0.154. The number of esters is 1. The molecule has 1 saturated carbocycles. The van der Waals surface area contributed by atoms with Crippen molar-refractivity contribution in [2.75, 3.05) is 7.11 Å². The average Bonchev–Trinajstić information content (AvgIpc) is 2.26. The minimum Gasteiger partial charge on any atom is -0.469 e. The fourth-order valence-corrected chi connectivity index (χ4v) is 1.87. The molecule has 0 saturated heterocycles. The number of carbonyl (C=O) groups excluding carboxylic acids is 4. The molecule has 1 fully saturated rings. The standard InChI is InChI=1S/C11H14O5/c1-3-7(12)10-8(13)4-6(5-9(10)14)11(15)16-2/h6,10H,3-5H2,1-2H3. The zero-order chi connectivity index (χ0) is 12.3. The van der Waals surface area contributed by atoms with Crippen molar-refractivity contribution in [3.05, 3.63) is 0 Å². The van der Waals surface area contributed by atoms with E-state index in [4.69, 9.17) is 0 Å². The zero-order valence-electron chi connectivity index (χ0n) is 9.32. The fraction of sp³-hybridized carbons (Fsp3) is 0.636. The first-order valence-corrected chi connectivity index (χ1v) is 5.17. The molecule has 0 aromatic carbocycles. The zero-order valence-corrected chi connectivity index (χ0v) is 9.32. The number of hydrogen-bond acceptors (Lipinski definition) is 5. The summed E-state index contributed by atoms with van der Waals surface area (Å²) in [6.07, 6.45) is 0.00861. The van der Waals surface area contributed by atoms with Gasteiger partial charge in [0.05, 0.1) is 13.0 Å². The molecule has 0 spiro atoms. The van der Waals surface area contributed by atoms with E-state index in [0.29, 0.717) is 0 Å². The molecule has 16 heavy (non-hydrogen) atoms. The number of methoxy groups -OCH3 is 1. The second kappa shape index (κ2) is 5.01. The van der Waals surface area contributed by atoms with E-state index in [2.05, 4.69) is 4.74 Å². The lowest BCUT2D eigenvalue weighted by Gasteiger charge is -2.23. The predicted molar refractivity (Wildman–Crippen MR) is 53.5 cm³/mol. The Hall–Kier alpha value is -1.52. The Labute approximate surface area is 93.1 Å². The van der Waals surface area contributed by atoms with Crippen LogP contribution in [0.15, 0.2) is 0 Å². The van der Waals surface area contributed by atoms with E-state index >= 15 is 0 Å². The molecule has 0 amide bonds. The van der Waals surface area contributed by atoms with Gasteiger partial charge in [-0.1, -0.05) is 6.92 Å². The summed E-state index contributed by atoms with van der Waals surface area (Å²) in [7, 11) is 1.21. The van der Waals surface area contributed by atoms with E-state index in [0.717, 1.165) is 0 Å². The van der Waals surface area contributed by atoms with Crippen molar-refractivity contribution in [2.24, 2.45) is 11.8 Å². The van der Waals surface area contributed by atoms with Crippen LogP contribution in [0.2, 0.25) is 0 Å². The van der Waals surface area contributed by atoms with Gasteiger partial charge in [-0.05, 0) is 0 Å². The molecule has 0 heterocycles. The third-order valence-electron chi connectivity index (χ3n) is 2.74. The summed E-state index contributed by atoms with van der Waals surface area (Å²) in [6, 6.07) is 0. The van der Waals surface area contributed by atoms with Crippen LogP contribution in [-0.4, -0.2) is 30.4 Å². The summed E-state index contributed by atoms with van der Waals surface area (Å²) >= 11 is 0. The van der Waals surface area contributed by atoms with Crippen molar-refractivity contribution in [3.8, 4) is 0 Å². The van der Waals surface area contributed by atoms with Gasteiger partial charge in [0.1, 0.15) is 5.92 Å². The van der Waals surface area contributed by atoms with Crippen LogP contribution in [0, 0.1) is 11.8 Å². The second-order valence-corrected chi connectivity index (χ2v) is 3.81. The predicted octanol–water partition coefficient (Wildman–Crippen LogP) is 0.303. The van der Waals surface area contributed by atoms with E-state index in [1.165, 1.54) is 7.11 Å². The highest BCUT2D eigenvalue weighted by atomic mass is 16.5. The van der Waals surface area contributed by atoms with Crippen molar-refractivity contribution in [3.63, 3.8) is 0 Å². The summed E-state index contributed by atoms with van der Waals surface area (Å²) in [5.74, 6) is -3.71. The van der Waals surface area contributed by atoms with E-state index < -0.39 is 29.4 Å². The summed E-state index contributed by atoms with van der Waals surface area (Å²) < 4.78 is 4.48. The van der Waals surface area contributed by atoms with Crippen LogP contribution in [0.4, 0.5) is 0 Å². The summed E-state index contributed by atoms with van der Waals surface area (Å²) in [4.78, 5) is 45.7. The molecule has 0 aliphatic heterocycles. The maximum atomic E-state index is 11.6. The molecule has 0 atom stereocenters. The first-order valence-electron chi connectivity index (χ1n) is 5.17. The van der Waals surface area contributed by atoms with Gasteiger partial charge in [0.25, 0.3) is 0 Å². The van der Waals surface area contributed by atoms with Gasteiger partial charge in [0.15, 0.2) is 17.3 Å². The molecule has 0 bridgehead atoms. The molecule has 1 aliphatic rings. The first-order chi connectivity index (χ1) is 7.51. The summed E-state index contributed by atoms with van der Waals surface area (Å²) in [6.45, 7) is 1.61. The molecule has 0 radical (unpaired) electrons. The number of carbonyl (C=O) groups is 4. The van der Waals surface area contributed by atoms with Crippen molar-refractivity contribution < 1.29 is 23.9 Å². The third kappa shape index (κ3) is 2.35. The van der Waals surface area contributed by atoms with Crippen molar-refractivity contribution in [2.45, 2.75) is 26.2 Å². The lowest BCUT2D eigenvalue weighted by atomic mass is 9.77. The van der Waals surface area contributed by atoms with Crippen molar-refractivity contribution in [1.29, 1.82) is 0 Å². The quantitative estimate of drug-likeness (QED) is 0.511. The largest absolute Gasteiger partial charge is 0.469 e. The number of rotatable bonds is 3. The minimum atomic E-state index is -1.15. The molecule has 0 N–H and O–H groups in total. The molecule has 88 valence electrons. The molecular weight excluding hydrogens is 212 g/mol. The SMILES string of the molecule is CCC(=O)C1C(=O)CC(C(=O)OC)CC1=O. The van der Waals surface area contributed by atoms with Crippen LogP contribution in [0.1, 0.15) is 26.2 Å². The van der Waals surface area contributed by atoms with Gasteiger partial charge in [0, 0.05) is 19.3 Å². The van der Waals surface area contributed by atoms with Crippen LogP contribution in [0.25, 0.3) is 0 Å². The topological polar surface area (TPSA) is 77.5 Å².